The molecule has 1 atom stereocenters. The Kier molecular flexibility index (Phi) is 12.7. The van der Waals surface area contributed by atoms with Gasteiger partial charge < -0.3 is 10.6 Å². The molecule has 0 aromatic carbocycles. The van der Waals surface area contributed by atoms with E-state index in [-0.39, 0.29) is 24.0 Å². The molecule has 0 radical (unpaired) electrons. The molecule has 0 spiro atoms. The fraction of sp³-hybridized carbons (Fsp3) is 0.667. The van der Waals surface area contributed by atoms with E-state index >= 15 is 0 Å². The Morgan fingerprint density at radius 2 is 2.08 bits per heavy atom. The number of guanidine groups is 1. The number of unbranched alkanes of at least 4 members (excludes halogenated alkanes) is 2. The second-order valence-corrected chi connectivity index (χ2v) is 8.31. The number of halogens is 1. The summed E-state index contributed by atoms with van der Waals surface area (Å²) in [6, 6.07) is 3.66. The molecule has 6 nitrogen and oxygen atoms in total. The van der Waals surface area contributed by atoms with Crippen LogP contribution in [0.4, 0.5) is 0 Å². The monoisotopic (exact) mass is 488 g/mol. The van der Waals surface area contributed by atoms with Gasteiger partial charge in [0.25, 0.3) is 0 Å². The normalized spacial score (nSPS) is 13.2. The van der Waals surface area contributed by atoms with Crippen LogP contribution in [-0.2, 0) is 10.0 Å². The number of rotatable bonds is 10. The Hall–Kier alpha value is -0.390. The highest BCUT2D eigenvalue weighted by Gasteiger charge is 2.13. The first kappa shape index (κ1) is 23.6. The summed E-state index contributed by atoms with van der Waals surface area (Å²) in [6.07, 6.45) is 4.74. The average Bonchev–Trinajstić information content (AvgIpc) is 3.06. The van der Waals surface area contributed by atoms with Gasteiger partial charge in [0.1, 0.15) is 4.21 Å². The van der Waals surface area contributed by atoms with E-state index in [0.29, 0.717) is 29.3 Å². The van der Waals surface area contributed by atoms with Crippen molar-refractivity contribution >= 4 is 51.3 Å². The van der Waals surface area contributed by atoms with Crippen LogP contribution in [0.3, 0.4) is 0 Å². The summed E-state index contributed by atoms with van der Waals surface area (Å²) in [7, 11) is -1.68. The Balaban J connectivity index is 0.00000529. The maximum Gasteiger partial charge on any atom is 0.250 e. The lowest BCUT2D eigenvalue weighted by atomic mass is 10.1. The zero-order valence-electron chi connectivity index (χ0n) is 14.5. The zero-order chi connectivity index (χ0) is 17.1. The summed E-state index contributed by atoms with van der Waals surface area (Å²) >= 11 is 1.21. The minimum absolute atomic E-state index is 0. The average molecular weight is 488 g/mol. The van der Waals surface area contributed by atoms with Gasteiger partial charge in [-0.1, -0.05) is 32.3 Å². The smallest absolute Gasteiger partial charge is 0.250 e. The number of thiophene rings is 1. The molecular formula is C15H29IN4O2S2. The van der Waals surface area contributed by atoms with E-state index in [1.54, 1.807) is 24.6 Å². The lowest BCUT2D eigenvalue weighted by Gasteiger charge is -2.18. The number of nitrogens with zero attached hydrogens (tertiary/aromatic N) is 1. The first-order chi connectivity index (χ1) is 11.0. The largest absolute Gasteiger partial charge is 0.355 e. The molecule has 1 unspecified atom stereocenters. The van der Waals surface area contributed by atoms with E-state index in [4.69, 9.17) is 0 Å². The van der Waals surface area contributed by atoms with E-state index in [1.165, 1.54) is 30.6 Å². The topological polar surface area (TPSA) is 82.6 Å². The maximum absolute atomic E-state index is 12.0. The number of aliphatic imine (C=N–C) groups is 1. The second-order valence-electron chi connectivity index (χ2n) is 5.37. The maximum atomic E-state index is 12.0. The minimum atomic E-state index is -3.39. The molecule has 140 valence electrons. The summed E-state index contributed by atoms with van der Waals surface area (Å²) in [5, 5.41) is 8.19. The van der Waals surface area contributed by atoms with Gasteiger partial charge in [-0.15, -0.1) is 35.3 Å². The van der Waals surface area contributed by atoms with Gasteiger partial charge in [-0.05, 0) is 24.8 Å². The van der Waals surface area contributed by atoms with E-state index in [2.05, 4.69) is 34.2 Å². The summed E-state index contributed by atoms with van der Waals surface area (Å²) in [5.74, 6) is 0.698. The van der Waals surface area contributed by atoms with Gasteiger partial charge in [-0.2, -0.15) is 0 Å². The molecule has 1 aromatic heterocycles. The molecule has 3 N–H and O–H groups in total. The SMILES string of the molecule is CCCCCC(C)NC(=NC)NCCNS(=O)(=O)c1cccs1.I. The van der Waals surface area contributed by atoms with Crippen molar-refractivity contribution in [3.05, 3.63) is 17.5 Å². The van der Waals surface area contributed by atoms with Crippen molar-refractivity contribution in [1.29, 1.82) is 0 Å². The van der Waals surface area contributed by atoms with Crippen molar-refractivity contribution < 1.29 is 8.42 Å². The molecule has 0 amide bonds. The molecule has 24 heavy (non-hydrogen) atoms. The third kappa shape index (κ3) is 9.19. The Morgan fingerprint density at radius 1 is 1.33 bits per heavy atom. The molecule has 0 bridgehead atoms. The first-order valence-electron chi connectivity index (χ1n) is 8.00. The molecule has 9 heteroatoms. The Bertz CT molecular complexity index is 562. The van der Waals surface area contributed by atoms with Gasteiger partial charge in [-0.3, -0.25) is 4.99 Å². The van der Waals surface area contributed by atoms with Crippen molar-refractivity contribution in [1.82, 2.24) is 15.4 Å². The number of nitrogens with one attached hydrogen (secondary N) is 3. The van der Waals surface area contributed by atoms with Crippen LogP contribution in [0.1, 0.15) is 39.5 Å². The number of hydrogen-bond donors (Lipinski definition) is 3. The van der Waals surface area contributed by atoms with Gasteiger partial charge in [0.2, 0.25) is 10.0 Å². The van der Waals surface area contributed by atoms with E-state index in [9.17, 15) is 8.42 Å². The molecule has 0 saturated heterocycles. The molecule has 1 heterocycles. The molecule has 0 fully saturated rings. The molecule has 1 aromatic rings. The van der Waals surface area contributed by atoms with Gasteiger partial charge in [0, 0.05) is 26.2 Å². The van der Waals surface area contributed by atoms with Crippen molar-refractivity contribution in [3.63, 3.8) is 0 Å². The predicted octanol–water partition coefficient (Wildman–Crippen LogP) is 2.78. The predicted molar refractivity (Wildman–Crippen MR) is 113 cm³/mol. The van der Waals surface area contributed by atoms with Crippen molar-refractivity contribution in [2.24, 2.45) is 4.99 Å². The van der Waals surface area contributed by atoms with Crippen LogP contribution < -0.4 is 15.4 Å². The van der Waals surface area contributed by atoms with Gasteiger partial charge in [-0.25, -0.2) is 13.1 Å². The van der Waals surface area contributed by atoms with Crippen LogP contribution in [0, 0.1) is 0 Å². The van der Waals surface area contributed by atoms with Gasteiger partial charge in [0.15, 0.2) is 5.96 Å². The molecule has 0 aliphatic rings. The minimum Gasteiger partial charge on any atom is -0.355 e. The molecular weight excluding hydrogens is 459 g/mol. The zero-order valence-corrected chi connectivity index (χ0v) is 18.5. The lowest BCUT2D eigenvalue weighted by molar-refractivity contribution is 0.546. The first-order valence-corrected chi connectivity index (χ1v) is 10.4. The van der Waals surface area contributed by atoms with Crippen LogP contribution in [-0.4, -0.2) is 40.6 Å². The fourth-order valence-corrected chi connectivity index (χ4v) is 4.12. The third-order valence-electron chi connectivity index (χ3n) is 3.32. The highest BCUT2D eigenvalue weighted by molar-refractivity contribution is 14.0. The van der Waals surface area contributed by atoms with Gasteiger partial charge >= 0.3 is 0 Å². The second kappa shape index (κ2) is 12.9. The molecule has 1 rings (SSSR count). The van der Waals surface area contributed by atoms with E-state index < -0.39 is 10.0 Å². The summed E-state index contributed by atoms with van der Waals surface area (Å²) in [6.45, 7) is 5.11. The Morgan fingerprint density at radius 3 is 2.67 bits per heavy atom. The summed E-state index contributed by atoms with van der Waals surface area (Å²) in [4.78, 5) is 4.16. The van der Waals surface area contributed by atoms with Crippen LogP contribution in [0.2, 0.25) is 0 Å². The third-order valence-corrected chi connectivity index (χ3v) is 6.18. The van der Waals surface area contributed by atoms with Crippen LogP contribution in [0.15, 0.2) is 26.7 Å². The van der Waals surface area contributed by atoms with Crippen molar-refractivity contribution in [2.75, 3.05) is 20.1 Å². The van der Waals surface area contributed by atoms with E-state index in [1.807, 2.05) is 0 Å². The van der Waals surface area contributed by atoms with Crippen LogP contribution >= 0.6 is 35.3 Å². The quantitative estimate of drug-likeness (QED) is 0.205. The van der Waals surface area contributed by atoms with Crippen LogP contribution in [0.25, 0.3) is 0 Å². The van der Waals surface area contributed by atoms with E-state index in [0.717, 1.165) is 6.42 Å². The van der Waals surface area contributed by atoms with Crippen molar-refractivity contribution in [2.45, 2.75) is 49.8 Å². The fourth-order valence-electron chi connectivity index (χ4n) is 2.05. The number of hydrogen-bond acceptors (Lipinski definition) is 4. The molecule has 0 aliphatic carbocycles. The molecule has 0 saturated carbocycles. The lowest BCUT2D eigenvalue weighted by Crippen LogP contribution is -2.44. The van der Waals surface area contributed by atoms with Crippen LogP contribution in [0.5, 0.6) is 0 Å². The van der Waals surface area contributed by atoms with Crippen molar-refractivity contribution in [3.8, 4) is 0 Å². The standard InChI is InChI=1S/C15H28N4O2S2.HI/c1-4-5-6-8-13(2)19-15(16-3)17-10-11-18-23(20,21)14-9-7-12-22-14;/h7,9,12-13,18H,4-6,8,10-11H2,1-3H3,(H2,16,17,19);1H. The highest BCUT2D eigenvalue weighted by atomic mass is 127. The summed E-state index contributed by atoms with van der Waals surface area (Å²) in [5.41, 5.74) is 0. The van der Waals surface area contributed by atoms with Gasteiger partial charge in [0.05, 0.1) is 0 Å². The summed E-state index contributed by atoms with van der Waals surface area (Å²) < 4.78 is 26.8. The molecule has 0 aliphatic heterocycles. The highest BCUT2D eigenvalue weighted by Crippen LogP contribution is 2.14. The Labute approximate surface area is 167 Å². The number of sulfonamides is 1.